The molecule has 0 aliphatic heterocycles. The van der Waals surface area contributed by atoms with Gasteiger partial charge in [0.25, 0.3) is 0 Å². The van der Waals surface area contributed by atoms with Gasteiger partial charge in [-0.15, -0.1) is 0 Å². The van der Waals surface area contributed by atoms with E-state index >= 15 is 0 Å². The summed E-state index contributed by atoms with van der Waals surface area (Å²) in [5.41, 5.74) is 3.86. The molecular weight excluding hydrogens is 232 g/mol. The second-order valence-electron chi connectivity index (χ2n) is 4.86. The fraction of sp³-hybridized carbons (Fsp3) is 0.353. The Morgan fingerprint density at radius 2 is 1.89 bits per heavy atom. The predicted molar refractivity (Wildman–Crippen MR) is 80.4 cm³/mol. The maximum absolute atomic E-state index is 4.49. The monoisotopic (exact) mass is 254 g/mol. The zero-order chi connectivity index (χ0) is 13.5. The molecule has 19 heavy (non-hydrogen) atoms. The lowest BCUT2D eigenvalue weighted by molar-refractivity contribution is 0.691. The second-order valence-corrected chi connectivity index (χ2v) is 4.86. The van der Waals surface area contributed by atoms with Crippen molar-refractivity contribution in [2.24, 2.45) is 0 Å². The lowest BCUT2D eigenvalue weighted by Crippen LogP contribution is -2.19. The fourth-order valence-electron chi connectivity index (χ4n) is 2.38. The van der Waals surface area contributed by atoms with E-state index in [1.54, 1.807) is 0 Å². The average molecular weight is 254 g/mol. The van der Waals surface area contributed by atoms with E-state index in [2.05, 4.69) is 53.6 Å². The molecule has 0 saturated heterocycles. The maximum atomic E-state index is 4.49. The molecule has 1 heterocycles. The lowest BCUT2D eigenvalue weighted by Gasteiger charge is -2.17. The summed E-state index contributed by atoms with van der Waals surface area (Å²) in [5, 5.41) is 3.26. The summed E-state index contributed by atoms with van der Waals surface area (Å²) in [4.78, 5) is 4.49. The van der Waals surface area contributed by atoms with Crippen LogP contribution in [0.1, 0.15) is 36.1 Å². The minimum absolute atomic E-state index is 0.321. The molecule has 0 spiro atoms. The van der Waals surface area contributed by atoms with E-state index in [0.29, 0.717) is 5.92 Å². The standard InChI is InChI=1S/C17H22N2/c1-3-6-14-8-10-15(11-9-14)16(13-18-2)17-7-4-5-12-19-17/h4-5,7-12,16,18H,3,6,13H2,1-2H3. The Kier molecular flexibility index (Phi) is 5.10. The van der Waals surface area contributed by atoms with Crippen LogP contribution in [0.2, 0.25) is 0 Å². The maximum Gasteiger partial charge on any atom is 0.0491 e. The Bertz CT molecular complexity index is 476. The minimum atomic E-state index is 0.321. The Labute approximate surface area is 115 Å². The largest absolute Gasteiger partial charge is 0.319 e. The van der Waals surface area contributed by atoms with Crippen LogP contribution in [0.5, 0.6) is 0 Å². The highest BCUT2D eigenvalue weighted by Crippen LogP contribution is 2.22. The summed E-state index contributed by atoms with van der Waals surface area (Å²) in [6.07, 6.45) is 4.21. The van der Waals surface area contributed by atoms with Crippen LogP contribution < -0.4 is 5.32 Å². The Morgan fingerprint density at radius 3 is 2.47 bits per heavy atom. The number of aromatic nitrogens is 1. The topological polar surface area (TPSA) is 24.9 Å². The molecule has 0 fully saturated rings. The molecule has 0 radical (unpaired) electrons. The predicted octanol–water partition coefficient (Wildman–Crippen LogP) is 3.39. The Morgan fingerprint density at radius 1 is 1.11 bits per heavy atom. The van der Waals surface area contributed by atoms with Gasteiger partial charge in [0.2, 0.25) is 0 Å². The lowest BCUT2D eigenvalue weighted by atomic mass is 9.93. The van der Waals surface area contributed by atoms with Crippen LogP contribution in [0.25, 0.3) is 0 Å². The number of hydrogen-bond donors (Lipinski definition) is 1. The molecule has 1 N–H and O–H groups in total. The summed E-state index contributed by atoms with van der Waals surface area (Å²) < 4.78 is 0. The Hall–Kier alpha value is -1.67. The first-order valence-electron chi connectivity index (χ1n) is 6.99. The molecule has 1 aromatic carbocycles. The van der Waals surface area contributed by atoms with Crippen LogP contribution in [0.15, 0.2) is 48.7 Å². The molecule has 0 amide bonds. The molecule has 1 unspecified atom stereocenters. The number of nitrogens with zero attached hydrogens (tertiary/aromatic N) is 1. The van der Waals surface area contributed by atoms with Gasteiger partial charge < -0.3 is 5.32 Å². The van der Waals surface area contributed by atoms with Crippen molar-refractivity contribution in [3.63, 3.8) is 0 Å². The summed E-state index contributed by atoms with van der Waals surface area (Å²) in [6, 6.07) is 15.1. The van der Waals surface area contributed by atoms with Crippen molar-refractivity contribution >= 4 is 0 Å². The number of rotatable bonds is 6. The van der Waals surface area contributed by atoms with Gasteiger partial charge in [0.05, 0.1) is 0 Å². The first-order chi connectivity index (χ1) is 9.35. The molecule has 2 rings (SSSR count). The summed E-state index contributed by atoms with van der Waals surface area (Å²) in [6.45, 7) is 3.12. The first-order valence-corrected chi connectivity index (χ1v) is 6.99. The average Bonchev–Trinajstić information content (AvgIpc) is 2.47. The normalized spacial score (nSPS) is 12.3. The minimum Gasteiger partial charge on any atom is -0.319 e. The third-order valence-corrected chi connectivity index (χ3v) is 3.37. The van der Waals surface area contributed by atoms with E-state index in [0.717, 1.165) is 18.7 Å². The number of nitrogens with one attached hydrogen (secondary N) is 1. The molecular formula is C17H22N2. The van der Waals surface area contributed by atoms with Crippen molar-refractivity contribution in [3.8, 4) is 0 Å². The van der Waals surface area contributed by atoms with Crippen molar-refractivity contribution in [2.45, 2.75) is 25.7 Å². The third kappa shape index (κ3) is 3.65. The second kappa shape index (κ2) is 7.05. The molecule has 2 nitrogen and oxygen atoms in total. The number of pyridine rings is 1. The van der Waals surface area contributed by atoms with E-state index in [1.807, 2.05) is 19.3 Å². The van der Waals surface area contributed by atoms with Gasteiger partial charge in [-0.3, -0.25) is 4.98 Å². The van der Waals surface area contributed by atoms with Gasteiger partial charge in [-0.2, -0.15) is 0 Å². The highest BCUT2D eigenvalue weighted by Gasteiger charge is 2.14. The summed E-state index contributed by atoms with van der Waals surface area (Å²) >= 11 is 0. The molecule has 0 saturated carbocycles. The first kappa shape index (κ1) is 13.8. The molecule has 100 valence electrons. The van der Waals surface area contributed by atoms with E-state index in [1.165, 1.54) is 17.5 Å². The third-order valence-electron chi connectivity index (χ3n) is 3.37. The van der Waals surface area contributed by atoms with E-state index in [4.69, 9.17) is 0 Å². The van der Waals surface area contributed by atoms with Gasteiger partial charge in [0, 0.05) is 24.4 Å². The van der Waals surface area contributed by atoms with Crippen LogP contribution >= 0.6 is 0 Å². The molecule has 0 aliphatic carbocycles. The number of aryl methyl sites for hydroxylation is 1. The van der Waals surface area contributed by atoms with Crippen LogP contribution in [0, 0.1) is 0 Å². The molecule has 1 aromatic heterocycles. The fourth-order valence-corrected chi connectivity index (χ4v) is 2.38. The SMILES string of the molecule is CCCc1ccc(C(CNC)c2ccccn2)cc1. The highest BCUT2D eigenvalue weighted by atomic mass is 14.8. The summed E-state index contributed by atoms with van der Waals surface area (Å²) in [7, 11) is 1.99. The zero-order valence-corrected chi connectivity index (χ0v) is 11.8. The van der Waals surface area contributed by atoms with Crippen molar-refractivity contribution < 1.29 is 0 Å². The Balaban J connectivity index is 2.24. The smallest absolute Gasteiger partial charge is 0.0491 e. The van der Waals surface area contributed by atoms with E-state index in [-0.39, 0.29) is 0 Å². The number of likely N-dealkylation sites (N-methyl/N-ethyl adjacent to an activating group) is 1. The van der Waals surface area contributed by atoms with Crippen molar-refractivity contribution in [1.82, 2.24) is 10.3 Å². The zero-order valence-electron chi connectivity index (χ0n) is 11.8. The molecule has 1 atom stereocenters. The van der Waals surface area contributed by atoms with Crippen molar-refractivity contribution in [3.05, 3.63) is 65.5 Å². The van der Waals surface area contributed by atoms with Crippen LogP contribution in [-0.2, 0) is 6.42 Å². The van der Waals surface area contributed by atoms with Crippen molar-refractivity contribution in [2.75, 3.05) is 13.6 Å². The quantitative estimate of drug-likeness (QED) is 0.854. The highest BCUT2D eigenvalue weighted by molar-refractivity contribution is 5.31. The van der Waals surface area contributed by atoms with Crippen LogP contribution in [0.4, 0.5) is 0 Å². The molecule has 0 aliphatic rings. The summed E-state index contributed by atoms with van der Waals surface area (Å²) in [5.74, 6) is 0.321. The molecule has 0 bridgehead atoms. The van der Waals surface area contributed by atoms with Gasteiger partial charge in [-0.1, -0.05) is 43.7 Å². The van der Waals surface area contributed by atoms with Gasteiger partial charge in [-0.05, 0) is 36.7 Å². The van der Waals surface area contributed by atoms with Gasteiger partial charge in [0.15, 0.2) is 0 Å². The van der Waals surface area contributed by atoms with Crippen LogP contribution in [0.3, 0.4) is 0 Å². The molecule has 2 heteroatoms. The number of hydrogen-bond acceptors (Lipinski definition) is 2. The van der Waals surface area contributed by atoms with Gasteiger partial charge >= 0.3 is 0 Å². The number of benzene rings is 1. The molecule has 2 aromatic rings. The van der Waals surface area contributed by atoms with Crippen LogP contribution in [-0.4, -0.2) is 18.6 Å². The van der Waals surface area contributed by atoms with E-state index < -0.39 is 0 Å². The van der Waals surface area contributed by atoms with Gasteiger partial charge in [0.1, 0.15) is 0 Å². The van der Waals surface area contributed by atoms with E-state index in [9.17, 15) is 0 Å². The van der Waals surface area contributed by atoms with Gasteiger partial charge in [-0.25, -0.2) is 0 Å². The van der Waals surface area contributed by atoms with Crippen molar-refractivity contribution in [1.29, 1.82) is 0 Å².